The Labute approximate surface area is 216 Å². The molecule has 0 spiro atoms. The van der Waals surface area contributed by atoms with E-state index in [2.05, 4.69) is 17.6 Å². The van der Waals surface area contributed by atoms with E-state index in [-0.39, 0.29) is 24.2 Å². The molecule has 7 nitrogen and oxygen atoms in total. The summed E-state index contributed by atoms with van der Waals surface area (Å²) in [6.07, 6.45) is 5.62. The van der Waals surface area contributed by atoms with Gasteiger partial charge < -0.3 is 19.8 Å². The van der Waals surface area contributed by atoms with Gasteiger partial charge in [0, 0.05) is 12.5 Å². The number of anilines is 1. The van der Waals surface area contributed by atoms with E-state index in [0.29, 0.717) is 46.6 Å². The van der Waals surface area contributed by atoms with Crippen LogP contribution in [0, 0.1) is 5.92 Å². The minimum atomic E-state index is -0.743. The van der Waals surface area contributed by atoms with Crippen molar-refractivity contribution in [3.63, 3.8) is 0 Å². The molecule has 0 radical (unpaired) electrons. The van der Waals surface area contributed by atoms with E-state index < -0.39 is 11.9 Å². The highest BCUT2D eigenvalue weighted by Crippen LogP contribution is 2.24. The average molecular weight is 523 g/mol. The molecule has 2 rings (SSSR count). The van der Waals surface area contributed by atoms with Crippen LogP contribution in [-0.2, 0) is 20.1 Å². The first-order valence-electron chi connectivity index (χ1n) is 11.9. The number of ether oxygens (including phenoxy) is 1. The number of carbonyl (C=O) groups is 3. The smallest absolute Gasteiger partial charge is 0.258 e. The van der Waals surface area contributed by atoms with Gasteiger partial charge in [0.05, 0.1) is 28.5 Å². The molecule has 0 aliphatic carbocycles. The van der Waals surface area contributed by atoms with Crippen LogP contribution in [0.15, 0.2) is 41.0 Å². The molecule has 9 heteroatoms. The Morgan fingerprint density at radius 3 is 2.63 bits per heavy atom. The van der Waals surface area contributed by atoms with Gasteiger partial charge in [0.25, 0.3) is 5.91 Å². The highest BCUT2D eigenvalue weighted by atomic mass is 35.5. The summed E-state index contributed by atoms with van der Waals surface area (Å²) in [6.45, 7) is 5.80. The van der Waals surface area contributed by atoms with Crippen LogP contribution in [0.25, 0.3) is 0 Å². The molecule has 1 atom stereocenters. The van der Waals surface area contributed by atoms with Crippen molar-refractivity contribution in [3.05, 3.63) is 47.4 Å². The van der Waals surface area contributed by atoms with E-state index in [1.807, 2.05) is 13.8 Å². The molecule has 1 heterocycles. The second-order valence-corrected chi connectivity index (χ2v) is 10.1. The number of para-hydroxylation sites is 1. The zero-order valence-corrected chi connectivity index (χ0v) is 22.2. The molecule has 0 saturated heterocycles. The number of furan rings is 1. The number of hydrogen-bond donors (Lipinski definition) is 2. The van der Waals surface area contributed by atoms with E-state index in [1.54, 1.807) is 30.3 Å². The first-order valence-corrected chi connectivity index (χ1v) is 13.5. The SMILES string of the molecule is CCCCCC(=O)CSCc1occc1NC(=O)[C@H](CC(C)C)NC(=O)COc1ccccc1Cl. The van der Waals surface area contributed by atoms with E-state index in [4.69, 9.17) is 20.8 Å². The molecule has 35 heavy (non-hydrogen) atoms. The molecule has 0 aliphatic heterocycles. The minimum Gasteiger partial charge on any atom is -0.482 e. The topological polar surface area (TPSA) is 97.6 Å². The maximum absolute atomic E-state index is 13.0. The van der Waals surface area contributed by atoms with Crippen LogP contribution in [0.5, 0.6) is 5.75 Å². The molecule has 1 aromatic heterocycles. The van der Waals surface area contributed by atoms with E-state index >= 15 is 0 Å². The molecule has 0 saturated carbocycles. The minimum absolute atomic E-state index is 0.175. The Morgan fingerprint density at radius 1 is 1.14 bits per heavy atom. The highest BCUT2D eigenvalue weighted by molar-refractivity contribution is 7.99. The monoisotopic (exact) mass is 522 g/mol. The largest absolute Gasteiger partial charge is 0.482 e. The van der Waals surface area contributed by atoms with Crippen LogP contribution in [0.3, 0.4) is 0 Å². The third-order valence-corrected chi connectivity index (χ3v) is 6.42. The summed E-state index contributed by atoms with van der Waals surface area (Å²) in [7, 11) is 0. The van der Waals surface area contributed by atoms with Crippen molar-refractivity contribution in [2.24, 2.45) is 5.92 Å². The van der Waals surface area contributed by atoms with Crippen LogP contribution < -0.4 is 15.4 Å². The van der Waals surface area contributed by atoms with E-state index in [1.165, 1.54) is 18.0 Å². The number of nitrogens with one attached hydrogen (secondary N) is 2. The normalized spacial score (nSPS) is 11.8. The molecule has 2 N–H and O–H groups in total. The molecule has 0 unspecified atom stereocenters. The lowest BCUT2D eigenvalue weighted by atomic mass is 10.0. The molecule has 192 valence electrons. The summed E-state index contributed by atoms with van der Waals surface area (Å²) in [4.78, 5) is 37.5. The van der Waals surface area contributed by atoms with Crippen LogP contribution in [0.4, 0.5) is 5.69 Å². The second-order valence-electron chi connectivity index (χ2n) is 8.70. The second kappa shape index (κ2) is 15.5. The summed E-state index contributed by atoms with van der Waals surface area (Å²) in [5.41, 5.74) is 0.538. The number of benzene rings is 1. The highest BCUT2D eigenvalue weighted by Gasteiger charge is 2.24. The molecule has 2 aromatic rings. The van der Waals surface area contributed by atoms with Gasteiger partial charge in [0.2, 0.25) is 5.91 Å². The number of ketones is 1. The zero-order valence-electron chi connectivity index (χ0n) is 20.6. The van der Waals surface area contributed by atoms with Gasteiger partial charge in [-0.3, -0.25) is 14.4 Å². The average Bonchev–Trinajstić information content (AvgIpc) is 3.24. The summed E-state index contributed by atoms with van der Waals surface area (Å²) in [6, 6.07) is 7.81. The van der Waals surface area contributed by atoms with Crippen molar-refractivity contribution in [1.29, 1.82) is 0 Å². The van der Waals surface area contributed by atoms with Crippen molar-refractivity contribution in [2.75, 3.05) is 17.7 Å². The van der Waals surface area contributed by atoms with Gasteiger partial charge in [-0.1, -0.05) is 57.3 Å². The fourth-order valence-corrected chi connectivity index (χ4v) is 4.40. The predicted octanol–water partition coefficient (Wildman–Crippen LogP) is 5.86. The Hall–Kier alpha value is -2.45. The van der Waals surface area contributed by atoms with Gasteiger partial charge in [0.1, 0.15) is 23.3 Å². The number of rotatable bonds is 16. The third-order valence-electron chi connectivity index (χ3n) is 5.11. The number of amides is 2. The summed E-state index contributed by atoms with van der Waals surface area (Å²) >= 11 is 7.52. The predicted molar refractivity (Wildman–Crippen MR) is 141 cm³/mol. The maximum Gasteiger partial charge on any atom is 0.258 e. The number of thioether (sulfide) groups is 1. The molecule has 0 bridgehead atoms. The maximum atomic E-state index is 13.0. The van der Waals surface area contributed by atoms with Crippen molar-refractivity contribution >= 4 is 46.6 Å². The summed E-state index contributed by atoms with van der Waals surface area (Å²) < 4.78 is 11.0. The third kappa shape index (κ3) is 10.8. The lowest BCUT2D eigenvalue weighted by molar-refractivity contribution is -0.128. The van der Waals surface area contributed by atoms with Crippen molar-refractivity contribution < 1.29 is 23.5 Å². The number of halogens is 1. The Bertz CT molecular complexity index is 963. The van der Waals surface area contributed by atoms with Crippen molar-refractivity contribution in [2.45, 2.75) is 64.7 Å². The summed E-state index contributed by atoms with van der Waals surface area (Å²) in [5, 5.41) is 6.02. The molecular formula is C26H35ClN2O5S. The van der Waals surface area contributed by atoms with Gasteiger partial charge >= 0.3 is 0 Å². The zero-order chi connectivity index (χ0) is 25.6. The van der Waals surface area contributed by atoms with Gasteiger partial charge in [0.15, 0.2) is 6.61 Å². The van der Waals surface area contributed by atoms with Crippen LogP contribution in [0.2, 0.25) is 5.02 Å². The number of Topliss-reactive ketones (excluding diaryl/α,β-unsaturated/α-hetero) is 1. The molecular weight excluding hydrogens is 488 g/mol. The van der Waals surface area contributed by atoms with Crippen molar-refractivity contribution in [3.8, 4) is 5.75 Å². The first kappa shape index (κ1) is 28.8. The number of unbranched alkanes of at least 4 members (excludes halogenated alkanes) is 2. The molecule has 2 amide bonds. The first-order chi connectivity index (χ1) is 16.8. The Balaban J connectivity index is 1.89. The van der Waals surface area contributed by atoms with Crippen LogP contribution in [-0.4, -0.2) is 36.0 Å². The van der Waals surface area contributed by atoms with E-state index in [9.17, 15) is 14.4 Å². The molecule has 0 aliphatic rings. The fraction of sp³-hybridized carbons (Fsp3) is 0.500. The number of hydrogen-bond acceptors (Lipinski definition) is 6. The quantitative estimate of drug-likeness (QED) is 0.268. The lowest BCUT2D eigenvalue weighted by Crippen LogP contribution is -2.46. The standard InChI is InChI=1S/C26H35ClN2O5S/c1-4-5-6-9-19(30)16-35-17-24-21(12-13-33-24)29-26(32)22(14-18(2)3)28-25(31)15-34-23-11-8-7-10-20(23)27/h7-8,10-13,18,22H,4-6,9,14-17H2,1-3H3,(H,28,31)(H,29,32)/t22-/m0/s1. The Kier molecular flexibility index (Phi) is 12.8. The van der Waals surface area contributed by atoms with Crippen LogP contribution >= 0.6 is 23.4 Å². The van der Waals surface area contributed by atoms with E-state index in [0.717, 1.165) is 19.3 Å². The van der Waals surface area contributed by atoms with Gasteiger partial charge in [-0.2, -0.15) is 0 Å². The Morgan fingerprint density at radius 2 is 1.91 bits per heavy atom. The van der Waals surface area contributed by atoms with Gasteiger partial charge in [-0.25, -0.2) is 0 Å². The van der Waals surface area contributed by atoms with Crippen molar-refractivity contribution in [1.82, 2.24) is 5.32 Å². The molecule has 1 aromatic carbocycles. The van der Waals surface area contributed by atoms with Crippen LogP contribution in [0.1, 0.15) is 58.6 Å². The van der Waals surface area contributed by atoms with Gasteiger partial charge in [-0.05, 0) is 30.9 Å². The lowest BCUT2D eigenvalue weighted by Gasteiger charge is -2.20. The molecule has 0 fully saturated rings. The summed E-state index contributed by atoms with van der Waals surface area (Å²) in [5.74, 6) is 1.50. The van der Waals surface area contributed by atoms with Gasteiger partial charge in [-0.15, -0.1) is 11.8 Å². The fourth-order valence-electron chi connectivity index (χ4n) is 3.33. The number of carbonyl (C=O) groups excluding carboxylic acids is 3.